The van der Waals surface area contributed by atoms with Gasteiger partial charge in [-0.25, -0.2) is 9.59 Å². The second kappa shape index (κ2) is 11.6. The molecule has 0 N–H and O–H groups in total. The molecule has 0 spiro atoms. The van der Waals surface area contributed by atoms with E-state index in [4.69, 9.17) is 23.7 Å². The van der Waals surface area contributed by atoms with Gasteiger partial charge in [0.25, 0.3) is 0 Å². The normalized spacial score (nSPS) is 18.7. The van der Waals surface area contributed by atoms with Gasteiger partial charge < -0.3 is 28.6 Å². The van der Waals surface area contributed by atoms with E-state index in [-0.39, 0.29) is 18.7 Å². The second-order valence-corrected chi connectivity index (χ2v) is 6.68. The maximum atomic E-state index is 12.9. The van der Waals surface area contributed by atoms with Crippen LogP contribution >= 0.6 is 0 Å². The maximum Gasteiger partial charge on any atom is 0.360 e. The molecule has 1 aliphatic heterocycles. The van der Waals surface area contributed by atoms with Crippen molar-refractivity contribution in [2.45, 2.75) is 38.9 Å². The predicted molar refractivity (Wildman–Crippen MR) is 109 cm³/mol. The topological polar surface area (TPSA) is 101 Å². The molecule has 2 rings (SSSR count). The SMILES string of the molecule is CCOC(CN1C=C(C(=O)OC)C(=O)CC1(OCc1ccccc1)C(=O)OC)OCC. The molecule has 9 nitrogen and oxygen atoms in total. The van der Waals surface area contributed by atoms with Crippen molar-refractivity contribution in [2.24, 2.45) is 0 Å². The molecule has 1 unspecified atom stereocenters. The number of nitrogens with zero attached hydrogens (tertiary/aromatic N) is 1. The minimum atomic E-state index is -1.80. The highest BCUT2D eigenvalue weighted by molar-refractivity contribution is 6.18. The molecule has 1 aromatic carbocycles. The number of carbonyl (C=O) groups excluding carboxylic acids is 3. The summed E-state index contributed by atoms with van der Waals surface area (Å²) in [5.74, 6) is -2.17. The minimum absolute atomic E-state index is 0.0132. The lowest BCUT2D eigenvalue weighted by Gasteiger charge is -2.43. The summed E-state index contributed by atoms with van der Waals surface area (Å²) in [5.41, 5.74) is -1.20. The summed E-state index contributed by atoms with van der Waals surface area (Å²) < 4.78 is 27.0. The lowest BCUT2D eigenvalue weighted by molar-refractivity contribution is -0.217. The standard InChI is InChI=1S/C22H29NO8/c1-5-29-19(30-6-2)14-23-13-17(20(25)27-3)18(24)12-22(23,21(26)28-4)31-15-16-10-8-7-9-11-16/h7-11,13,19H,5-6,12,14-15H2,1-4H3. The molecule has 1 heterocycles. The smallest absolute Gasteiger partial charge is 0.360 e. The number of ketones is 1. The molecular formula is C22H29NO8. The first-order chi connectivity index (χ1) is 14.9. The predicted octanol–water partition coefficient (Wildman–Crippen LogP) is 1.80. The van der Waals surface area contributed by atoms with Gasteiger partial charge in [0.1, 0.15) is 5.57 Å². The van der Waals surface area contributed by atoms with Gasteiger partial charge in [-0.1, -0.05) is 30.3 Å². The van der Waals surface area contributed by atoms with Crippen LogP contribution in [0.4, 0.5) is 0 Å². The van der Waals surface area contributed by atoms with E-state index in [1.54, 1.807) is 13.8 Å². The van der Waals surface area contributed by atoms with Crippen molar-refractivity contribution in [3.8, 4) is 0 Å². The third-order valence-corrected chi connectivity index (χ3v) is 4.73. The number of Topliss-reactive ketones (excluding diaryl/α,β-unsaturated/α-hetero) is 1. The van der Waals surface area contributed by atoms with Gasteiger partial charge in [-0.2, -0.15) is 0 Å². The Hall–Kier alpha value is -2.75. The average Bonchev–Trinajstić information content (AvgIpc) is 2.78. The van der Waals surface area contributed by atoms with Crippen molar-refractivity contribution in [3.63, 3.8) is 0 Å². The zero-order valence-electron chi connectivity index (χ0n) is 18.3. The van der Waals surface area contributed by atoms with Gasteiger partial charge in [-0.15, -0.1) is 0 Å². The van der Waals surface area contributed by atoms with Crippen LogP contribution < -0.4 is 0 Å². The van der Waals surface area contributed by atoms with E-state index in [0.29, 0.717) is 13.2 Å². The van der Waals surface area contributed by atoms with Crippen LogP contribution in [0.1, 0.15) is 25.8 Å². The molecule has 0 amide bonds. The Kier molecular flexibility index (Phi) is 9.17. The van der Waals surface area contributed by atoms with Crippen LogP contribution in [0, 0.1) is 0 Å². The number of rotatable bonds is 11. The highest BCUT2D eigenvalue weighted by atomic mass is 16.7. The molecule has 0 bridgehead atoms. The van der Waals surface area contributed by atoms with Crippen LogP contribution in [0.5, 0.6) is 0 Å². The molecule has 0 saturated carbocycles. The first kappa shape index (κ1) is 24.5. The van der Waals surface area contributed by atoms with Gasteiger partial charge in [0.2, 0.25) is 5.72 Å². The second-order valence-electron chi connectivity index (χ2n) is 6.68. The van der Waals surface area contributed by atoms with Crippen molar-refractivity contribution in [1.29, 1.82) is 0 Å². The number of hydrogen-bond donors (Lipinski definition) is 0. The Morgan fingerprint density at radius 2 is 1.71 bits per heavy atom. The summed E-state index contributed by atoms with van der Waals surface area (Å²) in [6.45, 7) is 4.39. The van der Waals surface area contributed by atoms with E-state index in [2.05, 4.69) is 0 Å². The number of benzene rings is 1. The van der Waals surface area contributed by atoms with Crippen LogP contribution in [0.2, 0.25) is 0 Å². The monoisotopic (exact) mass is 435 g/mol. The Bertz CT molecular complexity index is 788. The van der Waals surface area contributed by atoms with Crippen molar-refractivity contribution >= 4 is 17.7 Å². The van der Waals surface area contributed by atoms with Crippen molar-refractivity contribution in [3.05, 3.63) is 47.7 Å². The van der Waals surface area contributed by atoms with Crippen LogP contribution in [-0.2, 0) is 44.7 Å². The molecule has 170 valence electrons. The van der Waals surface area contributed by atoms with Crippen LogP contribution in [0.25, 0.3) is 0 Å². The molecule has 9 heteroatoms. The zero-order chi connectivity index (χ0) is 22.9. The first-order valence-corrected chi connectivity index (χ1v) is 10.0. The van der Waals surface area contributed by atoms with Gasteiger partial charge in [0.05, 0.1) is 33.8 Å². The van der Waals surface area contributed by atoms with Gasteiger partial charge >= 0.3 is 11.9 Å². The van der Waals surface area contributed by atoms with Gasteiger partial charge in [0.15, 0.2) is 12.1 Å². The fourth-order valence-electron chi connectivity index (χ4n) is 3.23. The van der Waals surface area contributed by atoms with E-state index in [9.17, 15) is 14.4 Å². The van der Waals surface area contributed by atoms with Gasteiger partial charge in [-0.3, -0.25) is 4.79 Å². The number of hydrogen-bond acceptors (Lipinski definition) is 9. The fraction of sp³-hybridized carbons (Fsp3) is 0.500. The van der Waals surface area contributed by atoms with E-state index in [1.807, 2.05) is 30.3 Å². The van der Waals surface area contributed by atoms with Crippen molar-refractivity contribution < 1.29 is 38.1 Å². The quantitative estimate of drug-likeness (QED) is 0.293. The van der Waals surface area contributed by atoms with Crippen molar-refractivity contribution in [1.82, 2.24) is 4.90 Å². The summed E-state index contributed by atoms with van der Waals surface area (Å²) in [6, 6.07) is 9.19. The molecule has 0 aliphatic carbocycles. The highest BCUT2D eigenvalue weighted by Gasteiger charge is 2.52. The Morgan fingerprint density at radius 1 is 1.06 bits per heavy atom. The molecule has 0 saturated heterocycles. The number of carbonyl (C=O) groups is 3. The van der Waals surface area contributed by atoms with Crippen LogP contribution in [-0.4, -0.2) is 68.6 Å². The Labute approximate surface area is 181 Å². The largest absolute Gasteiger partial charge is 0.465 e. The molecule has 0 fully saturated rings. The summed E-state index contributed by atoms with van der Waals surface area (Å²) in [5, 5.41) is 0. The van der Waals surface area contributed by atoms with E-state index >= 15 is 0 Å². The van der Waals surface area contributed by atoms with Crippen LogP contribution in [0.3, 0.4) is 0 Å². The summed E-state index contributed by atoms with van der Waals surface area (Å²) in [6.07, 6.45) is 0.0888. The molecule has 1 aromatic rings. The number of ether oxygens (including phenoxy) is 5. The molecule has 31 heavy (non-hydrogen) atoms. The highest BCUT2D eigenvalue weighted by Crippen LogP contribution is 2.33. The summed E-state index contributed by atoms with van der Waals surface area (Å²) in [7, 11) is 2.39. The van der Waals surface area contributed by atoms with Gasteiger partial charge in [0, 0.05) is 19.4 Å². The van der Waals surface area contributed by atoms with E-state index in [0.717, 1.165) is 5.56 Å². The fourth-order valence-corrected chi connectivity index (χ4v) is 3.23. The summed E-state index contributed by atoms with van der Waals surface area (Å²) >= 11 is 0. The Morgan fingerprint density at radius 3 is 2.26 bits per heavy atom. The number of methoxy groups -OCH3 is 2. The maximum absolute atomic E-state index is 12.9. The molecule has 0 radical (unpaired) electrons. The van der Waals surface area contributed by atoms with E-state index < -0.39 is 36.2 Å². The van der Waals surface area contributed by atoms with Gasteiger partial charge in [-0.05, 0) is 19.4 Å². The molecule has 1 atom stereocenters. The first-order valence-electron chi connectivity index (χ1n) is 10.0. The average molecular weight is 435 g/mol. The third-order valence-electron chi connectivity index (χ3n) is 4.73. The molecule has 0 aromatic heterocycles. The lowest BCUT2D eigenvalue weighted by Crippen LogP contribution is -2.60. The molecule has 1 aliphatic rings. The van der Waals surface area contributed by atoms with Crippen LogP contribution in [0.15, 0.2) is 42.1 Å². The minimum Gasteiger partial charge on any atom is -0.465 e. The Balaban J connectivity index is 2.48. The lowest BCUT2D eigenvalue weighted by atomic mass is 9.94. The molecular weight excluding hydrogens is 406 g/mol. The summed E-state index contributed by atoms with van der Waals surface area (Å²) in [4.78, 5) is 39.3. The third kappa shape index (κ3) is 5.90. The van der Waals surface area contributed by atoms with Crippen molar-refractivity contribution in [2.75, 3.05) is 34.0 Å². The zero-order valence-corrected chi connectivity index (χ0v) is 18.3. The van der Waals surface area contributed by atoms with E-state index in [1.165, 1.54) is 25.3 Å². The number of esters is 2.